The van der Waals surface area contributed by atoms with Gasteiger partial charge in [-0.15, -0.1) is 6.58 Å². The van der Waals surface area contributed by atoms with Crippen LogP contribution in [0.2, 0.25) is 0 Å². The quantitative estimate of drug-likeness (QED) is 0.571. The molecule has 1 rings (SSSR count). The Labute approximate surface area is 68.4 Å². The molecule has 0 aromatic carbocycles. The summed E-state index contributed by atoms with van der Waals surface area (Å²) in [7, 11) is 0. The van der Waals surface area contributed by atoms with Crippen LogP contribution in [0.25, 0.3) is 0 Å². The van der Waals surface area contributed by atoms with E-state index in [-0.39, 0.29) is 17.4 Å². The lowest BCUT2D eigenvalue weighted by Gasteiger charge is -2.23. The molecule has 1 saturated carbocycles. The molecule has 1 fully saturated rings. The Balaban J connectivity index is 2.87. The van der Waals surface area contributed by atoms with Crippen LogP contribution in [-0.2, 0) is 0 Å². The lowest BCUT2D eigenvalue weighted by molar-refractivity contribution is 0.0605. The fourth-order valence-corrected chi connectivity index (χ4v) is 1.81. The standard InChI is InChI=1S/C10H16O/c1-5-8-7(2)6-10(3,4)9(8)11/h5,8-9,11H,1-2,6H2,3-4H3/t8-,9-/m1/s1. The van der Waals surface area contributed by atoms with Crippen molar-refractivity contribution in [2.75, 3.05) is 0 Å². The summed E-state index contributed by atoms with van der Waals surface area (Å²) in [4.78, 5) is 0. The summed E-state index contributed by atoms with van der Waals surface area (Å²) >= 11 is 0. The molecule has 1 nitrogen and oxygen atoms in total. The van der Waals surface area contributed by atoms with Crippen molar-refractivity contribution in [2.24, 2.45) is 11.3 Å². The largest absolute Gasteiger partial charge is 0.392 e. The Morgan fingerprint density at radius 1 is 1.64 bits per heavy atom. The van der Waals surface area contributed by atoms with Crippen LogP contribution in [0.5, 0.6) is 0 Å². The first-order valence-corrected chi connectivity index (χ1v) is 3.97. The van der Waals surface area contributed by atoms with Crippen molar-refractivity contribution in [3.05, 3.63) is 24.8 Å². The molecule has 0 aromatic heterocycles. The van der Waals surface area contributed by atoms with Gasteiger partial charge in [-0.3, -0.25) is 0 Å². The highest BCUT2D eigenvalue weighted by molar-refractivity contribution is 5.20. The lowest BCUT2D eigenvalue weighted by atomic mass is 9.87. The number of aliphatic hydroxyl groups is 1. The number of rotatable bonds is 1. The fourth-order valence-electron chi connectivity index (χ4n) is 1.81. The Morgan fingerprint density at radius 3 is 2.36 bits per heavy atom. The SMILES string of the molecule is C=C[C@@H]1C(=C)CC(C)(C)[C@@H]1O. The average molecular weight is 152 g/mol. The van der Waals surface area contributed by atoms with Crippen molar-refractivity contribution in [2.45, 2.75) is 26.4 Å². The summed E-state index contributed by atoms with van der Waals surface area (Å²) in [6, 6.07) is 0. The Morgan fingerprint density at radius 2 is 2.18 bits per heavy atom. The zero-order chi connectivity index (χ0) is 8.65. The van der Waals surface area contributed by atoms with E-state index in [4.69, 9.17) is 0 Å². The van der Waals surface area contributed by atoms with Crippen LogP contribution >= 0.6 is 0 Å². The molecule has 0 unspecified atom stereocenters. The smallest absolute Gasteiger partial charge is 0.0693 e. The molecule has 0 spiro atoms. The normalized spacial score (nSPS) is 35.7. The van der Waals surface area contributed by atoms with Crippen molar-refractivity contribution in [3.8, 4) is 0 Å². The second-order valence-electron chi connectivity index (χ2n) is 4.03. The molecule has 2 atom stereocenters. The van der Waals surface area contributed by atoms with Crippen molar-refractivity contribution < 1.29 is 5.11 Å². The maximum absolute atomic E-state index is 9.76. The maximum Gasteiger partial charge on any atom is 0.0693 e. The molecule has 11 heavy (non-hydrogen) atoms. The van der Waals surface area contributed by atoms with Crippen molar-refractivity contribution in [1.29, 1.82) is 0 Å². The van der Waals surface area contributed by atoms with Crippen molar-refractivity contribution in [1.82, 2.24) is 0 Å². The second-order valence-corrected chi connectivity index (χ2v) is 4.03. The molecule has 0 aromatic rings. The summed E-state index contributed by atoms with van der Waals surface area (Å²) in [5.74, 6) is 0.102. The van der Waals surface area contributed by atoms with E-state index < -0.39 is 0 Å². The van der Waals surface area contributed by atoms with Gasteiger partial charge in [-0.2, -0.15) is 0 Å². The van der Waals surface area contributed by atoms with E-state index in [0.29, 0.717) is 0 Å². The minimum absolute atomic E-state index is 0.0179. The summed E-state index contributed by atoms with van der Waals surface area (Å²) in [6.45, 7) is 11.7. The van der Waals surface area contributed by atoms with Crippen LogP contribution in [0, 0.1) is 11.3 Å². The van der Waals surface area contributed by atoms with Crippen LogP contribution in [0.4, 0.5) is 0 Å². The van der Waals surface area contributed by atoms with Gasteiger partial charge >= 0.3 is 0 Å². The highest BCUT2D eigenvalue weighted by atomic mass is 16.3. The first-order chi connectivity index (χ1) is 4.99. The third kappa shape index (κ3) is 1.25. The Bertz CT molecular complexity index is 191. The molecule has 0 heterocycles. The average Bonchev–Trinajstić information content (AvgIpc) is 2.04. The minimum atomic E-state index is -0.299. The van der Waals surface area contributed by atoms with Crippen LogP contribution in [0.3, 0.4) is 0 Å². The van der Waals surface area contributed by atoms with Gasteiger partial charge in [0.2, 0.25) is 0 Å². The van der Waals surface area contributed by atoms with Gasteiger partial charge in [-0.25, -0.2) is 0 Å². The molecule has 1 aliphatic carbocycles. The van der Waals surface area contributed by atoms with Gasteiger partial charge in [0.15, 0.2) is 0 Å². The van der Waals surface area contributed by atoms with Gasteiger partial charge in [0, 0.05) is 5.92 Å². The Hall–Kier alpha value is -0.560. The molecule has 62 valence electrons. The molecule has 0 amide bonds. The van der Waals surface area contributed by atoms with Gasteiger partial charge in [0.1, 0.15) is 0 Å². The molecule has 0 saturated heterocycles. The second kappa shape index (κ2) is 2.49. The molecule has 0 bridgehead atoms. The monoisotopic (exact) mass is 152 g/mol. The van der Waals surface area contributed by atoms with E-state index in [2.05, 4.69) is 27.0 Å². The molecular weight excluding hydrogens is 136 g/mol. The predicted molar refractivity (Wildman–Crippen MR) is 47.2 cm³/mol. The van der Waals surface area contributed by atoms with E-state index in [1.807, 2.05) is 0 Å². The number of hydrogen-bond acceptors (Lipinski definition) is 1. The molecule has 1 aliphatic rings. The first kappa shape index (κ1) is 8.54. The van der Waals surface area contributed by atoms with Gasteiger partial charge in [0.25, 0.3) is 0 Å². The number of hydrogen-bond donors (Lipinski definition) is 1. The molecule has 1 N–H and O–H groups in total. The topological polar surface area (TPSA) is 20.2 Å². The highest BCUT2D eigenvalue weighted by Gasteiger charge is 2.41. The van der Waals surface area contributed by atoms with E-state index >= 15 is 0 Å². The summed E-state index contributed by atoms with van der Waals surface area (Å²) in [5.41, 5.74) is 1.09. The zero-order valence-corrected chi connectivity index (χ0v) is 7.30. The third-order valence-corrected chi connectivity index (χ3v) is 2.55. The van der Waals surface area contributed by atoms with Gasteiger partial charge in [-0.1, -0.05) is 32.1 Å². The third-order valence-electron chi connectivity index (χ3n) is 2.55. The molecule has 0 radical (unpaired) electrons. The van der Waals surface area contributed by atoms with E-state index in [9.17, 15) is 5.11 Å². The van der Waals surface area contributed by atoms with E-state index in [1.54, 1.807) is 6.08 Å². The van der Waals surface area contributed by atoms with Gasteiger partial charge in [-0.05, 0) is 11.8 Å². The van der Waals surface area contributed by atoms with Crippen LogP contribution < -0.4 is 0 Å². The van der Waals surface area contributed by atoms with Crippen molar-refractivity contribution in [3.63, 3.8) is 0 Å². The van der Waals surface area contributed by atoms with E-state index in [0.717, 1.165) is 12.0 Å². The summed E-state index contributed by atoms with van der Waals surface area (Å²) < 4.78 is 0. The zero-order valence-electron chi connectivity index (χ0n) is 7.30. The highest BCUT2D eigenvalue weighted by Crippen LogP contribution is 2.44. The van der Waals surface area contributed by atoms with Gasteiger partial charge in [0.05, 0.1) is 6.10 Å². The molecular formula is C10H16O. The maximum atomic E-state index is 9.76. The van der Waals surface area contributed by atoms with Crippen molar-refractivity contribution >= 4 is 0 Å². The van der Waals surface area contributed by atoms with Gasteiger partial charge < -0.3 is 5.11 Å². The van der Waals surface area contributed by atoms with Crippen LogP contribution in [-0.4, -0.2) is 11.2 Å². The minimum Gasteiger partial charge on any atom is -0.392 e. The fraction of sp³-hybridized carbons (Fsp3) is 0.600. The molecule has 1 heteroatoms. The van der Waals surface area contributed by atoms with E-state index in [1.165, 1.54) is 0 Å². The van der Waals surface area contributed by atoms with Crippen LogP contribution in [0.15, 0.2) is 24.8 Å². The number of aliphatic hydroxyl groups excluding tert-OH is 1. The Kier molecular flexibility index (Phi) is 1.93. The summed E-state index contributed by atoms with van der Waals surface area (Å²) in [6.07, 6.45) is 2.40. The van der Waals surface area contributed by atoms with Crippen LogP contribution in [0.1, 0.15) is 20.3 Å². The predicted octanol–water partition coefficient (Wildman–Crippen LogP) is 2.14. The summed E-state index contributed by atoms with van der Waals surface area (Å²) in [5, 5.41) is 9.76. The molecule has 0 aliphatic heterocycles. The lowest BCUT2D eigenvalue weighted by Crippen LogP contribution is -2.26. The first-order valence-electron chi connectivity index (χ1n) is 3.97.